The lowest BCUT2D eigenvalue weighted by molar-refractivity contribution is 0.613. The maximum Gasteiger partial charge on any atom is 0.152 e. The highest BCUT2D eigenvalue weighted by Gasteiger charge is 2.08. The van der Waals surface area contributed by atoms with Gasteiger partial charge >= 0.3 is 0 Å². The van der Waals surface area contributed by atoms with E-state index in [4.69, 9.17) is 9.68 Å². The summed E-state index contributed by atoms with van der Waals surface area (Å²) in [7, 11) is 0. The summed E-state index contributed by atoms with van der Waals surface area (Å²) in [4.78, 5) is 3.91. The largest absolute Gasteiger partial charge is 0.463 e. The van der Waals surface area contributed by atoms with Gasteiger partial charge in [-0.05, 0) is 22.0 Å². The van der Waals surface area contributed by atoms with Crippen LogP contribution in [-0.2, 0) is 0 Å². The third-order valence-corrected chi connectivity index (χ3v) is 2.13. The van der Waals surface area contributed by atoms with E-state index in [0.29, 0.717) is 11.3 Å². The summed E-state index contributed by atoms with van der Waals surface area (Å²) >= 11 is 3.27. The molecule has 0 spiro atoms. The van der Waals surface area contributed by atoms with Gasteiger partial charge in [0.2, 0.25) is 0 Å². The molecule has 0 radical (unpaired) electrons. The molecule has 0 fully saturated rings. The van der Waals surface area contributed by atoms with Gasteiger partial charge in [-0.15, -0.1) is 0 Å². The highest BCUT2D eigenvalue weighted by atomic mass is 79.9. The smallest absolute Gasteiger partial charge is 0.152 e. The molecule has 0 saturated carbocycles. The summed E-state index contributed by atoms with van der Waals surface area (Å²) in [6, 6.07) is 3.72. The Morgan fingerprint density at radius 2 is 2.42 bits per heavy atom. The van der Waals surface area contributed by atoms with Crippen molar-refractivity contribution in [3.8, 4) is 6.07 Å². The lowest BCUT2D eigenvalue weighted by Crippen LogP contribution is -1.80. The molecule has 2 aromatic heterocycles. The van der Waals surface area contributed by atoms with Crippen molar-refractivity contribution in [1.82, 2.24) is 4.98 Å². The van der Waals surface area contributed by atoms with Crippen LogP contribution in [0.5, 0.6) is 0 Å². The quantitative estimate of drug-likeness (QED) is 0.689. The Balaban J connectivity index is 2.96. The topological polar surface area (TPSA) is 49.8 Å². The molecule has 0 aliphatic rings. The van der Waals surface area contributed by atoms with Crippen molar-refractivity contribution in [2.75, 3.05) is 0 Å². The zero-order valence-electron chi connectivity index (χ0n) is 5.91. The highest BCUT2D eigenvalue weighted by molar-refractivity contribution is 9.10. The Kier molecular flexibility index (Phi) is 1.59. The van der Waals surface area contributed by atoms with Crippen molar-refractivity contribution >= 4 is 26.9 Å². The molecule has 0 bridgehead atoms. The van der Waals surface area contributed by atoms with E-state index in [2.05, 4.69) is 20.9 Å². The van der Waals surface area contributed by atoms with E-state index in [9.17, 15) is 0 Å². The zero-order chi connectivity index (χ0) is 8.55. The normalized spacial score (nSPS) is 10.0. The van der Waals surface area contributed by atoms with E-state index < -0.39 is 0 Å². The first kappa shape index (κ1) is 7.32. The van der Waals surface area contributed by atoms with E-state index in [1.807, 2.05) is 6.07 Å². The zero-order valence-corrected chi connectivity index (χ0v) is 7.50. The maximum atomic E-state index is 8.70. The van der Waals surface area contributed by atoms with Crippen LogP contribution in [0.2, 0.25) is 0 Å². The average molecular weight is 223 g/mol. The molecule has 4 heteroatoms. The average Bonchev–Trinajstić information content (AvgIpc) is 2.48. The molecule has 0 amide bonds. The van der Waals surface area contributed by atoms with Crippen LogP contribution < -0.4 is 0 Å². The van der Waals surface area contributed by atoms with Gasteiger partial charge in [-0.3, -0.25) is 0 Å². The third-order valence-electron chi connectivity index (χ3n) is 1.55. The predicted molar refractivity (Wildman–Crippen MR) is 46.4 cm³/mol. The van der Waals surface area contributed by atoms with Gasteiger partial charge in [0.15, 0.2) is 5.69 Å². The van der Waals surface area contributed by atoms with Crippen molar-refractivity contribution < 1.29 is 4.42 Å². The van der Waals surface area contributed by atoms with Gasteiger partial charge < -0.3 is 4.42 Å². The summed E-state index contributed by atoms with van der Waals surface area (Å²) in [5, 5.41) is 9.44. The van der Waals surface area contributed by atoms with Crippen LogP contribution in [0.1, 0.15) is 5.69 Å². The minimum absolute atomic E-state index is 0.383. The fourth-order valence-corrected chi connectivity index (χ4v) is 1.51. The molecule has 0 N–H and O–H groups in total. The molecule has 0 aromatic carbocycles. The minimum Gasteiger partial charge on any atom is -0.463 e. The molecule has 0 aliphatic carbocycles. The van der Waals surface area contributed by atoms with Gasteiger partial charge in [0, 0.05) is 6.20 Å². The van der Waals surface area contributed by atoms with Gasteiger partial charge in [0.1, 0.15) is 17.9 Å². The Morgan fingerprint density at radius 3 is 3.17 bits per heavy atom. The van der Waals surface area contributed by atoms with Crippen molar-refractivity contribution in [1.29, 1.82) is 5.26 Å². The van der Waals surface area contributed by atoms with Crippen molar-refractivity contribution in [2.24, 2.45) is 0 Å². The van der Waals surface area contributed by atoms with E-state index in [0.717, 1.165) is 9.86 Å². The van der Waals surface area contributed by atoms with Gasteiger partial charge in [-0.2, -0.15) is 5.26 Å². The summed E-state index contributed by atoms with van der Waals surface area (Å²) in [6.45, 7) is 0. The van der Waals surface area contributed by atoms with E-state index in [-0.39, 0.29) is 0 Å². The molecular weight excluding hydrogens is 220 g/mol. The van der Waals surface area contributed by atoms with Gasteiger partial charge in [0.25, 0.3) is 0 Å². The first-order valence-corrected chi connectivity index (χ1v) is 4.04. The fourth-order valence-electron chi connectivity index (χ4n) is 1.03. The summed E-state index contributed by atoms with van der Waals surface area (Å²) in [6.07, 6.45) is 3.10. The number of nitrogens with zero attached hydrogens (tertiary/aromatic N) is 2. The van der Waals surface area contributed by atoms with Crippen LogP contribution in [0.4, 0.5) is 0 Å². The molecule has 0 saturated heterocycles. The molecule has 12 heavy (non-hydrogen) atoms. The third kappa shape index (κ3) is 0.908. The van der Waals surface area contributed by atoms with Crippen molar-refractivity contribution in [3.05, 3.63) is 28.7 Å². The molecule has 2 heterocycles. The highest BCUT2D eigenvalue weighted by Crippen LogP contribution is 2.27. The first-order valence-electron chi connectivity index (χ1n) is 3.24. The van der Waals surface area contributed by atoms with Crippen LogP contribution >= 0.6 is 15.9 Å². The van der Waals surface area contributed by atoms with E-state index in [1.165, 1.54) is 0 Å². The number of halogens is 1. The SMILES string of the molecule is N#Cc1nccc2occ(Br)c12. The summed E-state index contributed by atoms with van der Waals surface area (Å²) < 4.78 is 5.92. The molecule has 3 nitrogen and oxygen atoms in total. The molecule has 0 unspecified atom stereocenters. The lowest BCUT2D eigenvalue weighted by Gasteiger charge is -1.89. The van der Waals surface area contributed by atoms with Crippen LogP contribution in [0.15, 0.2) is 27.4 Å². The first-order chi connectivity index (χ1) is 5.83. The van der Waals surface area contributed by atoms with Gasteiger partial charge in [0.05, 0.1) is 9.86 Å². The van der Waals surface area contributed by atoms with Crippen LogP contribution in [0.25, 0.3) is 11.0 Å². The number of pyridine rings is 1. The number of nitriles is 1. The predicted octanol–water partition coefficient (Wildman–Crippen LogP) is 2.46. The number of furan rings is 1. The molecule has 2 rings (SSSR count). The lowest BCUT2D eigenvalue weighted by atomic mass is 10.2. The number of aromatic nitrogens is 1. The Bertz CT molecular complexity index is 469. The van der Waals surface area contributed by atoms with Crippen LogP contribution in [0.3, 0.4) is 0 Å². The van der Waals surface area contributed by atoms with Crippen molar-refractivity contribution in [2.45, 2.75) is 0 Å². The minimum atomic E-state index is 0.383. The Labute approximate surface area is 76.8 Å². The van der Waals surface area contributed by atoms with Gasteiger partial charge in [-0.1, -0.05) is 0 Å². The molecule has 0 aliphatic heterocycles. The fraction of sp³-hybridized carbons (Fsp3) is 0. The van der Waals surface area contributed by atoms with Crippen LogP contribution in [0, 0.1) is 11.3 Å². The molecule has 2 aromatic rings. The number of fused-ring (bicyclic) bond motifs is 1. The monoisotopic (exact) mass is 222 g/mol. The van der Waals surface area contributed by atoms with Crippen molar-refractivity contribution in [3.63, 3.8) is 0 Å². The van der Waals surface area contributed by atoms with E-state index in [1.54, 1.807) is 18.5 Å². The summed E-state index contributed by atoms with van der Waals surface area (Å²) in [5.74, 6) is 0. The molecule has 58 valence electrons. The number of rotatable bonds is 0. The second kappa shape index (κ2) is 2.61. The number of hydrogen-bond donors (Lipinski definition) is 0. The standard InChI is InChI=1S/C8H3BrN2O/c9-5-4-12-7-1-2-11-6(3-10)8(5)7/h1-2,4H. The molecular formula is C8H3BrN2O. The summed E-state index contributed by atoms with van der Waals surface area (Å²) in [5.41, 5.74) is 1.06. The van der Waals surface area contributed by atoms with E-state index >= 15 is 0 Å². The Morgan fingerprint density at radius 1 is 1.58 bits per heavy atom. The Hall–Kier alpha value is -1.34. The maximum absolute atomic E-state index is 8.70. The molecule has 0 atom stereocenters. The second-order valence-corrected chi connectivity index (χ2v) is 3.08. The second-order valence-electron chi connectivity index (χ2n) is 2.23. The van der Waals surface area contributed by atoms with Gasteiger partial charge in [-0.25, -0.2) is 4.98 Å². The van der Waals surface area contributed by atoms with Crippen LogP contribution in [-0.4, -0.2) is 4.98 Å². The number of hydrogen-bond acceptors (Lipinski definition) is 3.